The summed E-state index contributed by atoms with van der Waals surface area (Å²) in [6, 6.07) is 0. The van der Waals surface area contributed by atoms with Gasteiger partial charge in [-0.25, -0.2) is 4.39 Å². The lowest BCUT2D eigenvalue weighted by Crippen LogP contribution is -2.24. The van der Waals surface area contributed by atoms with Gasteiger partial charge in [0.2, 0.25) is 0 Å². The van der Waals surface area contributed by atoms with Crippen LogP contribution in [0.25, 0.3) is 0 Å². The zero-order valence-electron chi connectivity index (χ0n) is 6.64. The molecule has 0 rings (SSSR count). The molecule has 80 valence electrons. The van der Waals surface area contributed by atoms with Crippen molar-refractivity contribution in [2.45, 2.75) is 17.4 Å². The Bertz CT molecular complexity index is 248. The van der Waals surface area contributed by atoms with Gasteiger partial charge in [0.15, 0.2) is 6.17 Å². The maximum atomic E-state index is 12.4. The van der Waals surface area contributed by atoms with E-state index in [0.717, 1.165) is 6.26 Å². The quantitative estimate of drug-likeness (QED) is 0.570. The molecule has 0 saturated heterocycles. The summed E-state index contributed by atoms with van der Waals surface area (Å²) in [4.78, 5) is -3.64. The van der Waals surface area contributed by atoms with Crippen LogP contribution in [0.15, 0.2) is 0 Å². The molecular formula is C5H8BrF3O3S. The van der Waals surface area contributed by atoms with Crippen LogP contribution in [0.3, 0.4) is 0 Å². The Balaban J connectivity index is 3.80. The molecule has 0 aromatic heterocycles. The molecule has 3 nitrogen and oxygen atoms in total. The average molecular weight is 285 g/mol. The van der Waals surface area contributed by atoms with E-state index in [2.05, 4.69) is 4.18 Å². The van der Waals surface area contributed by atoms with Gasteiger partial charge in [-0.1, -0.05) is 0 Å². The minimum atomic E-state index is -3.69. The molecule has 0 bridgehead atoms. The van der Waals surface area contributed by atoms with E-state index in [4.69, 9.17) is 0 Å². The zero-order chi connectivity index (χ0) is 10.7. The second-order valence-electron chi connectivity index (χ2n) is 2.32. The largest absolute Gasteiger partial charge is 0.331 e. The molecule has 0 aliphatic carbocycles. The molecular weight excluding hydrogens is 277 g/mol. The monoisotopic (exact) mass is 284 g/mol. The Kier molecular flexibility index (Phi) is 4.67. The van der Waals surface area contributed by atoms with Gasteiger partial charge in [-0.3, -0.25) is 4.18 Å². The molecule has 1 unspecified atom stereocenters. The van der Waals surface area contributed by atoms with Crippen molar-refractivity contribution < 1.29 is 25.8 Å². The van der Waals surface area contributed by atoms with Crippen LogP contribution < -0.4 is 0 Å². The summed E-state index contributed by atoms with van der Waals surface area (Å²) >= 11 is 1.81. The summed E-state index contributed by atoms with van der Waals surface area (Å²) in [6.45, 7) is -0.596. The molecule has 0 heterocycles. The van der Waals surface area contributed by atoms with Gasteiger partial charge in [0.1, 0.15) is 0 Å². The highest BCUT2D eigenvalue weighted by molar-refractivity contribution is 9.10. The van der Waals surface area contributed by atoms with E-state index < -0.39 is 34.1 Å². The van der Waals surface area contributed by atoms with Gasteiger partial charge in [-0.2, -0.15) is 17.2 Å². The average Bonchev–Trinajstić information content (AvgIpc) is 1.82. The third-order valence-corrected chi connectivity index (χ3v) is 2.12. The summed E-state index contributed by atoms with van der Waals surface area (Å²) in [5.41, 5.74) is 0. The standard InChI is InChI=1S/C5H8BrF3O3S/c1-13(10,11)12-3-2-4(7)5(6,8)9/h4H,2-3H2,1H3. The van der Waals surface area contributed by atoms with Gasteiger partial charge >= 0.3 is 4.83 Å². The van der Waals surface area contributed by atoms with Crippen LogP contribution >= 0.6 is 15.9 Å². The summed E-state index contributed by atoms with van der Waals surface area (Å²) in [7, 11) is -3.69. The fourth-order valence-corrected chi connectivity index (χ4v) is 1.09. The number of hydrogen-bond acceptors (Lipinski definition) is 3. The first-order chi connectivity index (χ1) is 5.63. The molecule has 0 aromatic carbocycles. The molecule has 0 amide bonds. The minimum Gasteiger partial charge on any atom is -0.270 e. The van der Waals surface area contributed by atoms with Crippen LogP contribution in [0.2, 0.25) is 0 Å². The van der Waals surface area contributed by atoms with Gasteiger partial charge in [-0.15, -0.1) is 0 Å². The van der Waals surface area contributed by atoms with Gasteiger partial charge in [0.05, 0.1) is 12.9 Å². The van der Waals surface area contributed by atoms with Crippen LogP contribution in [0.1, 0.15) is 6.42 Å². The molecule has 0 spiro atoms. The third kappa shape index (κ3) is 7.27. The van der Waals surface area contributed by atoms with Crippen LogP contribution in [-0.2, 0) is 14.3 Å². The highest BCUT2D eigenvalue weighted by atomic mass is 79.9. The van der Waals surface area contributed by atoms with Crippen molar-refractivity contribution >= 4 is 26.0 Å². The number of hydrogen-bond donors (Lipinski definition) is 0. The lowest BCUT2D eigenvalue weighted by molar-refractivity contribution is 0.0121. The molecule has 0 radical (unpaired) electrons. The van der Waals surface area contributed by atoms with E-state index in [9.17, 15) is 21.6 Å². The molecule has 0 saturated carbocycles. The van der Waals surface area contributed by atoms with E-state index in [1.54, 1.807) is 0 Å². The van der Waals surface area contributed by atoms with Gasteiger partial charge in [0.25, 0.3) is 10.1 Å². The topological polar surface area (TPSA) is 43.4 Å². The maximum absolute atomic E-state index is 12.4. The van der Waals surface area contributed by atoms with Crippen molar-refractivity contribution in [3.63, 3.8) is 0 Å². The molecule has 0 fully saturated rings. The first kappa shape index (κ1) is 13.2. The Labute approximate surface area is 82.5 Å². The van der Waals surface area contributed by atoms with E-state index in [1.165, 1.54) is 0 Å². The van der Waals surface area contributed by atoms with Crippen molar-refractivity contribution in [1.82, 2.24) is 0 Å². The van der Waals surface area contributed by atoms with Crippen molar-refractivity contribution in [1.29, 1.82) is 0 Å². The van der Waals surface area contributed by atoms with E-state index in [1.807, 2.05) is 15.9 Å². The highest BCUT2D eigenvalue weighted by Gasteiger charge is 2.36. The highest BCUT2D eigenvalue weighted by Crippen LogP contribution is 2.30. The van der Waals surface area contributed by atoms with Crippen LogP contribution in [-0.4, -0.2) is 32.3 Å². The van der Waals surface area contributed by atoms with Gasteiger partial charge in [0, 0.05) is 6.42 Å². The Morgan fingerprint density at radius 1 is 1.54 bits per heavy atom. The number of rotatable bonds is 5. The molecule has 8 heteroatoms. The fourth-order valence-electron chi connectivity index (χ4n) is 0.467. The lowest BCUT2D eigenvalue weighted by atomic mass is 10.3. The van der Waals surface area contributed by atoms with E-state index >= 15 is 0 Å². The Hall–Kier alpha value is 0.180. The molecule has 0 aromatic rings. The van der Waals surface area contributed by atoms with Crippen LogP contribution in [0, 0.1) is 0 Å². The second kappa shape index (κ2) is 4.61. The van der Waals surface area contributed by atoms with E-state index in [0.29, 0.717) is 0 Å². The smallest absolute Gasteiger partial charge is 0.270 e. The summed E-state index contributed by atoms with van der Waals surface area (Å²) in [6.07, 6.45) is -2.40. The fraction of sp³-hybridized carbons (Fsp3) is 1.00. The Morgan fingerprint density at radius 2 is 2.00 bits per heavy atom. The predicted octanol–water partition coefficient (Wildman–Crippen LogP) is 1.68. The maximum Gasteiger partial charge on any atom is 0.331 e. The molecule has 0 aliphatic heterocycles. The first-order valence-corrected chi connectivity index (χ1v) is 5.79. The summed E-state index contributed by atoms with van der Waals surface area (Å²) in [5.74, 6) is 0. The van der Waals surface area contributed by atoms with Crippen molar-refractivity contribution in [3.05, 3.63) is 0 Å². The van der Waals surface area contributed by atoms with E-state index in [-0.39, 0.29) is 0 Å². The number of alkyl halides is 4. The van der Waals surface area contributed by atoms with Crippen molar-refractivity contribution in [2.75, 3.05) is 12.9 Å². The molecule has 13 heavy (non-hydrogen) atoms. The lowest BCUT2D eigenvalue weighted by Gasteiger charge is -2.13. The summed E-state index contributed by atoms with van der Waals surface area (Å²) < 4.78 is 61.3. The minimum absolute atomic E-state index is 0.596. The van der Waals surface area contributed by atoms with Crippen LogP contribution in [0.5, 0.6) is 0 Å². The molecule has 0 aliphatic rings. The zero-order valence-corrected chi connectivity index (χ0v) is 9.04. The number of halogens is 4. The molecule has 0 N–H and O–H groups in total. The first-order valence-electron chi connectivity index (χ1n) is 3.18. The Morgan fingerprint density at radius 3 is 2.31 bits per heavy atom. The summed E-state index contributed by atoms with van der Waals surface area (Å²) in [5, 5.41) is 0. The van der Waals surface area contributed by atoms with Gasteiger partial charge in [-0.05, 0) is 15.9 Å². The van der Waals surface area contributed by atoms with Gasteiger partial charge < -0.3 is 0 Å². The van der Waals surface area contributed by atoms with Crippen LogP contribution in [0.4, 0.5) is 13.2 Å². The SMILES string of the molecule is CS(=O)(=O)OCCC(F)C(F)(F)Br. The third-order valence-electron chi connectivity index (χ3n) is 1.02. The molecule has 1 atom stereocenters. The second-order valence-corrected chi connectivity index (χ2v) is 5.03. The predicted molar refractivity (Wildman–Crippen MR) is 44.2 cm³/mol. The van der Waals surface area contributed by atoms with Crippen molar-refractivity contribution in [3.8, 4) is 0 Å². The normalized spacial score (nSPS) is 15.8. The van der Waals surface area contributed by atoms with Crippen molar-refractivity contribution in [2.24, 2.45) is 0 Å².